The molecule has 2 amide bonds. The molecule has 0 radical (unpaired) electrons. The maximum Gasteiger partial charge on any atom is 0.318 e. The van der Waals surface area contributed by atoms with E-state index in [1.54, 1.807) is 0 Å². The molecule has 0 atom stereocenters. The van der Waals surface area contributed by atoms with Gasteiger partial charge in [0.2, 0.25) is 0 Å². The first-order valence-corrected chi connectivity index (χ1v) is 8.69. The Bertz CT molecular complexity index is 718. The van der Waals surface area contributed by atoms with Crippen LogP contribution in [0.3, 0.4) is 0 Å². The van der Waals surface area contributed by atoms with E-state index in [2.05, 4.69) is 46.9 Å². The molecule has 3 rings (SSSR count). The molecule has 2 aromatic rings. The Balaban J connectivity index is 1.77. The number of benzene rings is 1. The van der Waals surface area contributed by atoms with Crippen molar-refractivity contribution in [2.75, 3.05) is 6.54 Å². The average Bonchev–Trinajstić information content (AvgIpc) is 3.30. The van der Waals surface area contributed by atoms with Crippen LogP contribution in [-0.4, -0.2) is 33.1 Å². The van der Waals surface area contributed by atoms with Crippen molar-refractivity contribution in [3.8, 4) is 0 Å². The fourth-order valence-corrected chi connectivity index (χ4v) is 2.95. The van der Waals surface area contributed by atoms with Gasteiger partial charge >= 0.3 is 6.03 Å². The lowest BCUT2D eigenvalue weighted by atomic mass is 10.1. The van der Waals surface area contributed by atoms with Crippen LogP contribution in [0.4, 0.5) is 4.79 Å². The van der Waals surface area contributed by atoms with Crippen LogP contribution >= 0.6 is 0 Å². The topological polar surface area (TPSA) is 50.2 Å². The molecule has 128 valence electrons. The molecule has 1 heterocycles. The molecule has 1 N–H and O–H groups in total. The van der Waals surface area contributed by atoms with Crippen molar-refractivity contribution in [3.63, 3.8) is 0 Å². The van der Waals surface area contributed by atoms with Gasteiger partial charge in [-0.1, -0.05) is 23.8 Å². The first kappa shape index (κ1) is 16.6. The zero-order valence-corrected chi connectivity index (χ0v) is 14.7. The van der Waals surface area contributed by atoms with Gasteiger partial charge in [-0.15, -0.1) is 0 Å². The molecule has 0 saturated heterocycles. The first-order valence-electron chi connectivity index (χ1n) is 8.69. The van der Waals surface area contributed by atoms with Gasteiger partial charge in [0.05, 0.1) is 6.54 Å². The minimum Gasteiger partial charge on any atom is -0.338 e. The minimum absolute atomic E-state index is 0.0151. The molecule has 5 heteroatoms. The number of nitrogens with zero attached hydrogens (tertiary/aromatic N) is 3. The number of aromatic nitrogens is 2. The van der Waals surface area contributed by atoms with E-state index in [0.29, 0.717) is 19.1 Å². The molecule has 1 saturated carbocycles. The van der Waals surface area contributed by atoms with Crippen LogP contribution in [0, 0.1) is 13.8 Å². The Morgan fingerprint density at radius 3 is 2.88 bits per heavy atom. The van der Waals surface area contributed by atoms with Gasteiger partial charge in [-0.05, 0) is 44.7 Å². The summed E-state index contributed by atoms with van der Waals surface area (Å²) in [5, 5.41) is 2.92. The highest BCUT2D eigenvalue weighted by Gasteiger charge is 2.33. The maximum absolute atomic E-state index is 12.3. The summed E-state index contributed by atoms with van der Waals surface area (Å²) in [7, 11) is 0. The highest BCUT2D eigenvalue weighted by atomic mass is 16.2. The summed E-state index contributed by atoms with van der Waals surface area (Å²) in [6.07, 6.45) is 6.01. The van der Waals surface area contributed by atoms with Crippen molar-refractivity contribution in [1.82, 2.24) is 19.8 Å². The number of carbonyl (C=O) groups is 1. The van der Waals surface area contributed by atoms with E-state index in [1.807, 2.05) is 24.2 Å². The van der Waals surface area contributed by atoms with Gasteiger partial charge in [-0.2, -0.15) is 0 Å². The Morgan fingerprint density at radius 1 is 1.38 bits per heavy atom. The minimum atomic E-state index is 0.0151. The van der Waals surface area contributed by atoms with Crippen LogP contribution in [0.5, 0.6) is 0 Å². The average molecular weight is 326 g/mol. The number of hydrogen-bond donors (Lipinski definition) is 1. The zero-order valence-electron chi connectivity index (χ0n) is 14.7. The lowest BCUT2D eigenvalue weighted by Gasteiger charge is -2.23. The summed E-state index contributed by atoms with van der Waals surface area (Å²) in [5.74, 6) is 0.939. The Hall–Kier alpha value is -2.30. The summed E-state index contributed by atoms with van der Waals surface area (Å²) < 4.78 is 2.15. The predicted octanol–water partition coefficient (Wildman–Crippen LogP) is 3.24. The standard InChI is InChI=1S/C19H26N4O/c1-4-20-19(24)23(17-7-8-17)13-18-21-9-10-22(18)12-16-11-14(2)5-6-15(16)3/h5-6,9-11,17H,4,7-8,12-13H2,1-3H3,(H,20,24). The third-order valence-corrected chi connectivity index (χ3v) is 4.54. The third-order valence-electron chi connectivity index (χ3n) is 4.54. The second-order valence-corrected chi connectivity index (χ2v) is 6.60. The normalized spacial score (nSPS) is 13.8. The SMILES string of the molecule is CCNC(=O)N(Cc1nccn1Cc1cc(C)ccc1C)C1CC1. The van der Waals surface area contributed by atoms with E-state index in [1.165, 1.54) is 16.7 Å². The molecule has 1 aromatic carbocycles. The Labute approximate surface area is 143 Å². The van der Waals surface area contributed by atoms with Crippen LogP contribution in [0.1, 0.15) is 42.3 Å². The molecular formula is C19H26N4O. The van der Waals surface area contributed by atoms with Crippen molar-refractivity contribution < 1.29 is 4.79 Å². The van der Waals surface area contributed by atoms with Crippen molar-refractivity contribution in [1.29, 1.82) is 0 Å². The van der Waals surface area contributed by atoms with Gasteiger partial charge in [0.25, 0.3) is 0 Å². The molecule has 0 aliphatic heterocycles. The largest absolute Gasteiger partial charge is 0.338 e. The van der Waals surface area contributed by atoms with E-state index < -0.39 is 0 Å². The first-order chi connectivity index (χ1) is 11.6. The van der Waals surface area contributed by atoms with Crippen LogP contribution < -0.4 is 5.32 Å². The molecule has 0 spiro atoms. The monoisotopic (exact) mass is 326 g/mol. The number of imidazole rings is 1. The van der Waals surface area contributed by atoms with E-state index in [0.717, 1.165) is 25.2 Å². The third kappa shape index (κ3) is 3.78. The number of rotatable bonds is 6. The molecule has 5 nitrogen and oxygen atoms in total. The molecule has 0 unspecified atom stereocenters. The highest BCUT2D eigenvalue weighted by Crippen LogP contribution is 2.28. The van der Waals surface area contributed by atoms with Gasteiger partial charge in [0, 0.05) is 31.5 Å². The fraction of sp³-hybridized carbons (Fsp3) is 0.474. The van der Waals surface area contributed by atoms with Gasteiger partial charge in [-0.25, -0.2) is 9.78 Å². The van der Waals surface area contributed by atoms with E-state index in [9.17, 15) is 4.79 Å². The lowest BCUT2D eigenvalue weighted by Crippen LogP contribution is -2.41. The number of aryl methyl sites for hydroxylation is 2. The summed E-state index contributed by atoms with van der Waals surface area (Å²) >= 11 is 0. The van der Waals surface area contributed by atoms with Gasteiger partial charge in [0.1, 0.15) is 5.82 Å². The summed E-state index contributed by atoms with van der Waals surface area (Å²) in [5.41, 5.74) is 3.84. The Morgan fingerprint density at radius 2 is 2.17 bits per heavy atom. The molecule has 1 aromatic heterocycles. The second kappa shape index (κ2) is 7.07. The van der Waals surface area contributed by atoms with Crippen LogP contribution in [0.2, 0.25) is 0 Å². The van der Waals surface area contributed by atoms with Crippen molar-refractivity contribution in [2.24, 2.45) is 0 Å². The predicted molar refractivity (Wildman–Crippen MR) is 94.9 cm³/mol. The number of hydrogen-bond acceptors (Lipinski definition) is 2. The number of amides is 2. The smallest absolute Gasteiger partial charge is 0.318 e. The molecule has 0 bridgehead atoms. The highest BCUT2D eigenvalue weighted by molar-refractivity contribution is 5.74. The van der Waals surface area contributed by atoms with Crippen molar-refractivity contribution in [2.45, 2.75) is 52.7 Å². The lowest BCUT2D eigenvalue weighted by molar-refractivity contribution is 0.190. The van der Waals surface area contributed by atoms with E-state index >= 15 is 0 Å². The van der Waals surface area contributed by atoms with Crippen LogP contribution in [0.25, 0.3) is 0 Å². The van der Waals surface area contributed by atoms with Gasteiger partial charge in [-0.3, -0.25) is 0 Å². The molecular weight excluding hydrogens is 300 g/mol. The van der Waals surface area contributed by atoms with Gasteiger partial charge < -0.3 is 14.8 Å². The van der Waals surface area contributed by atoms with Crippen molar-refractivity contribution in [3.05, 3.63) is 53.1 Å². The summed E-state index contributed by atoms with van der Waals surface area (Å²) in [4.78, 5) is 18.7. The number of urea groups is 1. The zero-order chi connectivity index (χ0) is 17.1. The van der Waals surface area contributed by atoms with Crippen molar-refractivity contribution >= 4 is 6.03 Å². The molecule has 1 aliphatic carbocycles. The molecule has 1 aliphatic rings. The van der Waals surface area contributed by atoms with E-state index in [-0.39, 0.29) is 6.03 Å². The molecule has 1 fully saturated rings. The Kier molecular flexibility index (Phi) is 4.88. The van der Waals surface area contributed by atoms with Crippen LogP contribution in [-0.2, 0) is 13.1 Å². The number of carbonyl (C=O) groups excluding carboxylic acids is 1. The quantitative estimate of drug-likeness (QED) is 0.886. The summed E-state index contributed by atoms with van der Waals surface area (Å²) in [6.45, 7) is 8.20. The van der Waals surface area contributed by atoms with Gasteiger partial charge in [0.15, 0.2) is 0 Å². The summed E-state index contributed by atoms with van der Waals surface area (Å²) in [6, 6.07) is 6.90. The number of nitrogens with one attached hydrogen (secondary N) is 1. The molecule has 24 heavy (non-hydrogen) atoms. The fourth-order valence-electron chi connectivity index (χ4n) is 2.95. The van der Waals surface area contributed by atoms with E-state index in [4.69, 9.17) is 0 Å². The maximum atomic E-state index is 12.3. The van der Waals surface area contributed by atoms with Crippen LogP contribution in [0.15, 0.2) is 30.6 Å². The second-order valence-electron chi connectivity index (χ2n) is 6.60.